The summed E-state index contributed by atoms with van der Waals surface area (Å²) in [5.41, 5.74) is 8.01. The molecule has 0 amide bonds. The number of aryl methyl sites for hydroxylation is 1. The molecule has 2 heterocycles. The van der Waals surface area contributed by atoms with Crippen molar-refractivity contribution in [2.24, 2.45) is 0 Å². The number of hydrogen-bond donors (Lipinski definition) is 0. The number of unbranched alkanes of at least 4 members (excludes halogenated alkanes) is 6. The number of fused-ring (bicyclic) bond motifs is 8. The van der Waals surface area contributed by atoms with Crippen molar-refractivity contribution in [2.45, 2.75) is 71.8 Å². The van der Waals surface area contributed by atoms with Gasteiger partial charge in [-0.2, -0.15) is 4.57 Å². The predicted molar refractivity (Wildman–Crippen MR) is 193 cm³/mol. The summed E-state index contributed by atoms with van der Waals surface area (Å²) in [7, 11) is 0. The lowest BCUT2D eigenvalue weighted by Crippen LogP contribution is -2.37. The summed E-state index contributed by atoms with van der Waals surface area (Å²) in [5.74, 6) is 0. The third-order valence-corrected chi connectivity index (χ3v) is 10.5. The van der Waals surface area contributed by atoms with Crippen molar-refractivity contribution in [3.05, 3.63) is 87.8 Å². The summed E-state index contributed by atoms with van der Waals surface area (Å²) in [4.78, 5) is 2.63. The van der Waals surface area contributed by atoms with Crippen molar-refractivity contribution >= 4 is 86.6 Å². The molecule has 0 fully saturated rings. The van der Waals surface area contributed by atoms with Gasteiger partial charge in [0, 0.05) is 40.3 Å². The highest BCUT2D eigenvalue weighted by molar-refractivity contribution is 9.11. The largest absolute Gasteiger partial charge is 0.339 e. The zero-order chi connectivity index (χ0) is 29.5. The normalized spacial score (nSPS) is 12.6. The average Bonchev–Trinajstić information content (AvgIpc) is 3.03. The first-order chi connectivity index (χ1) is 21.1. The van der Waals surface area contributed by atoms with E-state index in [-0.39, 0.29) is 0 Å². The second kappa shape index (κ2) is 12.2. The highest BCUT2D eigenvalue weighted by Gasteiger charge is 2.36. The molecule has 0 unspecified atom stereocenters. The van der Waals surface area contributed by atoms with Gasteiger partial charge in [-0.15, -0.1) is 0 Å². The van der Waals surface area contributed by atoms with Crippen molar-refractivity contribution in [3.63, 3.8) is 0 Å². The van der Waals surface area contributed by atoms with E-state index in [1.807, 2.05) is 0 Å². The van der Waals surface area contributed by atoms with Crippen LogP contribution in [0.3, 0.4) is 0 Å². The molecular weight excluding hydrogens is 656 g/mol. The van der Waals surface area contributed by atoms with Gasteiger partial charge >= 0.3 is 0 Å². The first kappa shape index (κ1) is 28.8. The summed E-state index contributed by atoms with van der Waals surface area (Å²) in [6, 6.07) is 29.6. The van der Waals surface area contributed by atoms with E-state index in [0.717, 1.165) is 22.0 Å². The Hall–Kier alpha value is -2.95. The van der Waals surface area contributed by atoms with Gasteiger partial charge in [0.25, 0.3) is 0 Å². The fourth-order valence-electron chi connectivity index (χ4n) is 7.33. The molecule has 1 aromatic heterocycles. The number of aromatic nitrogens is 1. The van der Waals surface area contributed by atoms with Crippen LogP contribution in [0.4, 0.5) is 11.4 Å². The predicted octanol–water partition coefficient (Wildman–Crippen LogP) is 12.4. The summed E-state index contributed by atoms with van der Waals surface area (Å²) in [6.45, 7) is 6.60. The van der Waals surface area contributed by atoms with Crippen molar-refractivity contribution in [3.8, 4) is 11.1 Å². The molecule has 0 N–H and O–H groups in total. The standard InChI is InChI=1S/C39H39Br2N2/c1-3-5-7-13-23-42-32-21-19-26-15-9-11-17-28(26)34(32)36-35-29-18-12-10-16-27(29)20-22-33(35)43(24-14-8-6-4-2)39-31(41)25-30(40)38(42)37(36)39/h9-12,15-22,25H,3-8,13-14,23-24H2,1-2H3/q+1. The molecule has 1 aliphatic heterocycles. The maximum atomic E-state index is 4.09. The van der Waals surface area contributed by atoms with Crippen LogP contribution in [0.1, 0.15) is 65.2 Å². The minimum atomic E-state index is 1.00. The quantitative estimate of drug-likeness (QED) is 0.0599. The van der Waals surface area contributed by atoms with Crippen LogP contribution in [-0.4, -0.2) is 6.54 Å². The maximum absolute atomic E-state index is 4.09. The summed E-state index contributed by atoms with van der Waals surface area (Å²) >= 11 is 8.18. The molecule has 0 saturated heterocycles. The van der Waals surface area contributed by atoms with Gasteiger partial charge in [-0.3, -0.25) is 0 Å². The Labute approximate surface area is 272 Å². The zero-order valence-electron chi connectivity index (χ0n) is 25.2. The van der Waals surface area contributed by atoms with E-state index in [2.05, 4.69) is 134 Å². The Morgan fingerprint density at radius 3 is 2.07 bits per heavy atom. The van der Waals surface area contributed by atoms with Crippen molar-refractivity contribution in [1.29, 1.82) is 0 Å². The molecule has 6 aromatic rings. The summed E-state index contributed by atoms with van der Waals surface area (Å²) in [5, 5.41) is 7.98. The van der Waals surface area contributed by atoms with Gasteiger partial charge in [0.1, 0.15) is 6.54 Å². The second-order valence-corrected chi connectivity index (χ2v) is 13.8. The highest BCUT2D eigenvalue weighted by Crippen LogP contribution is 2.56. The van der Waals surface area contributed by atoms with Gasteiger partial charge in [0.2, 0.25) is 11.0 Å². The van der Waals surface area contributed by atoms with Crippen LogP contribution in [0, 0.1) is 0 Å². The van der Waals surface area contributed by atoms with Gasteiger partial charge in [0.05, 0.1) is 20.9 Å². The Kier molecular flexibility index (Phi) is 8.18. The number of nitrogens with zero attached hydrogens (tertiary/aromatic N) is 2. The molecule has 7 rings (SSSR count). The number of anilines is 2. The van der Waals surface area contributed by atoms with Gasteiger partial charge in [-0.1, -0.05) is 101 Å². The van der Waals surface area contributed by atoms with E-state index < -0.39 is 0 Å². The van der Waals surface area contributed by atoms with Gasteiger partial charge in [0.15, 0.2) is 0 Å². The van der Waals surface area contributed by atoms with E-state index >= 15 is 0 Å². The smallest absolute Gasteiger partial charge is 0.230 e. The van der Waals surface area contributed by atoms with Crippen molar-refractivity contribution < 1.29 is 4.57 Å². The summed E-state index contributed by atoms with van der Waals surface area (Å²) in [6.07, 6.45) is 9.89. The third kappa shape index (κ3) is 4.86. The minimum absolute atomic E-state index is 1.00. The van der Waals surface area contributed by atoms with Crippen molar-refractivity contribution in [1.82, 2.24) is 0 Å². The monoisotopic (exact) mass is 693 g/mol. The Morgan fingerprint density at radius 1 is 0.628 bits per heavy atom. The highest BCUT2D eigenvalue weighted by atomic mass is 79.9. The molecule has 5 aromatic carbocycles. The summed E-state index contributed by atoms with van der Waals surface area (Å²) < 4.78 is 4.93. The Balaban J connectivity index is 1.67. The van der Waals surface area contributed by atoms with E-state index in [9.17, 15) is 0 Å². The maximum Gasteiger partial charge on any atom is 0.230 e. The molecule has 1 aliphatic rings. The van der Waals surface area contributed by atoms with Gasteiger partial charge in [-0.05, 0) is 84.4 Å². The van der Waals surface area contributed by atoms with E-state index in [4.69, 9.17) is 0 Å². The lowest BCUT2D eigenvalue weighted by Gasteiger charge is -2.35. The van der Waals surface area contributed by atoms with Crippen LogP contribution >= 0.6 is 31.9 Å². The molecule has 0 radical (unpaired) electrons. The molecule has 0 bridgehead atoms. The molecular formula is C39H39Br2N2+. The van der Waals surface area contributed by atoms with E-state index in [1.54, 1.807) is 0 Å². The fraction of sp³-hybridized carbons (Fsp3) is 0.308. The van der Waals surface area contributed by atoms with Crippen LogP contribution in [0.5, 0.6) is 0 Å². The molecule has 0 aliphatic carbocycles. The van der Waals surface area contributed by atoms with Crippen molar-refractivity contribution in [2.75, 3.05) is 11.4 Å². The molecule has 218 valence electrons. The number of hydrogen-bond acceptors (Lipinski definition) is 1. The third-order valence-electron chi connectivity index (χ3n) is 9.34. The van der Waals surface area contributed by atoms with Crippen LogP contribution in [0.25, 0.3) is 54.5 Å². The Bertz CT molecular complexity index is 1990. The molecule has 2 nitrogen and oxygen atoms in total. The van der Waals surface area contributed by atoms with Gasteiger partial charge < -0.3 is 4.90 Å². The second-order valence-electron chi connectivity index (χ2n) is 12.1. The average molecular weight is 696 g/mol. The van der Waals surface area contributed by atoms with Crippen LogP contribution in [0.2, 0.25) is 0 Å². The minimum Gasteiger partial charge on any atom is -0.339 e. The number of rotatable bonds is 10. The van der Waals surface area contributed by atoms with Crippen LogP contribution in [-0.2, 0) is 6.54 Å². The van der Waals surface area contributed by atoms with E-state index in [0.29, 0.717) is 0 Å². The fourth-order valence-corrected chi connectivity index (χ4v) is 8.92. The lowest BCUT2D eigenvalue weighted by atomic mass is 9.85. The first-order valence-electron chi connectivity index (χ1n) is 16.1. The number of pyridine rings is 1. The van der Waals surface area contributed by atoms with E-state index in [1.165, 1.54) is 117 Å². The molecule has 4 heteroatoms. The molecule has 0 spiro atoms. The molecule has 43 heavy (non-hydrogen) atoms. The Morgan fingerprint density at radius 2 is 1.30 bits per heavy atom. The SMILES string of the molecule is CCCCCCN1c2ccc3ccccc3c2-c2c3c1c(Br)cc(Br)c3[n+](CCCCCC)c1ccc3ccccc3c21. The zero-order valence-corrected chi connectivity index (χ0v) is 28.4. The molecule has 0 atom stereocenters. The van der Waals surface area contributed by atoms with Gasteiger partial charge in [-0.25, -0.2) is 0 Å². The molecule has 0 saturated carbocycles. The number of halogens is 2. The van der Waals surface area contributed by atoms with Crippen LogP contribution in [0.15, 0.2) is 87.8 Å². The van der Waals surface area contributed by atoms with Crippen LogP contribution < -0.4 is 9.47 Å². The number of benzene rings is 5. The lowest BCUT2D eigenvalue weighted by molar-refractivity contribution is -0.646. The topological polar surface area (TPSA) is 7.12 Å². The first-order valence-corrected chi connectivity index (χ1v) is 17.7.